The summed E-state index contributed by atoms with van der Waals surface area (Å²) in [4.78, 5) is 8.84. The van der Waals surface area contributed by atoms with Crippen LogP contribution in [0.1, 0.15) is 31.1 Å². The highest BCUT2D eigenvalue weighted by Gasteiger charge is 2.45. The second-order valence-corrected chi connectivity index (χ2v) is 6.60. The van der Waals surface area contributed by atoms with Crippen molar-refractivity contribution in [3.8, 4) is 0 Å². The molecule has 3 aromatic heterocycles. The molecule has 0 atom stereocenters. The molecule has 128 valence electrons. The van der Waals surface area contributed by atoms with Gasteiger partial charge < -0.3 is 5.32 Å². The average Bonchev–Trinajstić information content (AvgIpc) is 3.18. The number of anilines is 1. The summed E-state index contributed by atoms with van der Waals surface area (Å²) in [6.07, 6.45) is 8.01. The Morgan fingerprint density at radius 3 is 3.00 bits per heavy atom. The molecule has 1 N–H and O–H groups in total. The highest BCUT2D eigenvalue weighted by atomic mass is 19.3. The summed E-state index contributed by atoms with van der Waals surface area (Å²) in [6.45, 7) is 0. The van der Waals surface area contributed by atoms with Crippen molar-refractivity contribution in [3.63, 3.8) is 0 Å². The van der Waals surface area contributed by atoms with Crippen LogP contribution >= 0.6 is 0 Å². The van der Waals surface area contributed by atoms with Crippen molar-refractivity contribution in [2.24, 2.45) is 0 Å². The van der Waals surface area contributed by atoms with Crippen molar-refractivity contribution in [2.45, 2.75) is 31.2 Å². The van der Waals surface area contributed by atoms with E-state index in [0.717, 1.165) is 27.9 Å². The van der Waals surface area contributed by atoms with E-state index in [1.807, 2.05) is 22.8 Å². The maximum absolute atomic E-state index is 12.9. The molecule has 3 aromatic rings. The van der Waals surface area contributed by atoms with Crippen LogP contribution in [0.3, 0.4) is 0 Å². The normalized spacial score (nSPS) is 18.7. The van der Waals surface area contributed by atoms with Crippen molar-refractivity contribution < 1.29 is 10.2 Å². The highest BCUT2D eigenvalue weighted by Crippen LogP contribution is 2.39. The largest absolute Gasteiger partial charge is 0.351 e. The highest BCUT2D eigenvalue weighted by molar-refractivity contribution is 5.85. The van der Waals surface area contributed by atoms with Crippen LogP contribution in [0.2, 0.25) is 0 Å². The minimum Gasteiger partial charge on any atom is -0.351 e. The van der Waals surface area contributed by atoms with Crippen LogP contribution in [0.25, 0.3) is 11.1 Å². The summed E-state index contributed by atoms with van der Waals surface area (Å²) in [6, 6.07) is 5.81. The molecule has 3 heterocycles. The second-order valence-electron chi connectivity index (χ2n) is 6.60. The first-order chi connectivity index (χ1) is 12.1. The SMILES string of the molecule is FC1(F)CC(Nc2ncc3c(n2)CC=C3c2ccn3nccc3c2)C1.[HH]. The van der Waals surface area contributed by atoms with Gasteiger partial charge in [-0.15, -0.1) is 0 Å². The van der Waals surface area contributed by atoms with Gasteiger partial charge in [0.15, 0.2) is 0 Å². The number of allylic oxidation sites excluding steroid dienone is 1. The van der Waals surface area contributed by atoms with E-state index in [1.165, 1.54) is 0 Å². The van der Waals surface area contributed by atoms with E-state index in [0.29, 0.717) is 12.4 Å². The lowest BCUT2D eigenvalue weighted by Gasteiger charge is -2.35. The van der Waals surface area contributed by atoms with Gasteiger partial charge in [0.25, 0.3) is 5.92 Å². The van der Waals surface area contributed by atoms with Crippen molar-refractivity contribution in [1.29, 1.82) is 0 Å². The molecule has 0 aliphatic heterocycles. The molecule has 0 spiro atoms. The Hall–Kier alpha value is -2.83. The predicted octanol–water partition coefficient (Wildman–Crippen LogP) is 3.57. The quantitative estimate of drug-likeness (QED) is 0.791. The van der Waals surface area contributed by atoms with E-state index in [4.69, 9.17) is 0 Å². The molecule has 5 rings (SSSR count). The molecule has 0 aromatic carbocycles. The molecule has 5 nitrogen and oxygen atoms in total. The minimum atomic E-state index is -2.55. The summed E-state index contributed by atoms with van der Waals surface area (Å²) < 4.78 is 27.7. The molecule has 1 fully saturated rings. The Kier molecular flexibility index (Phi) is 2.95. The zero-order valence-electron chi connectivity index (χ0n) is 13.3. The monoisotopic (exact) mass is 341 g/mol. The van der Waals surface area contributed by atoms with E-state index < -0.39 is 5.92 Å². The Morgan fingerprint density at radius 2 is 2.16 bits per heavy atom. The van der Waals surface area contributed by atoms with Crippen molar-refractivity contribution in [2.75, 3.05) is 5.32 Å². The number of aromatic nitrogens is 4. The first-order valence-electron chi connectivity index (χ1n) is 8.22. The van der Waals surface area contributed by atoms with Crippen molar-refractivity contribution in [1.82, 2.24) is 19.6 Å². The maximum atomic E-state index is 12.9. The topological polar surface area (TPSA) is 55.1 Å². The van der Waals surface area contributed by atoms with Gasteiger partial charge in [-0.25, -0.2) is 23.3 Å². The summed E-state index contributed by atoms with van der Waals surface area (Å²) in [7, 11) is 0. The van der Waals surface area contributed by atoms with E-state index in [9.17, 15) is 8.78 Å². The molecule has 2 aliphatic carbocycles. The molecule has 7 heteroatoms. The zero-order chi connectivity index (χ0) is 17.0. The summed E-state index contributed by atoms with van der Waals surface area (Å²) in [5.41, 5.74) is 5.13. The first-order valence-corrected chi connectivity index (χ1v) is 8.22. The lowest BCUT2D eigenvalue weighted by Crippen LogP contribution is -2.44. The third kappa shape index (κ3) is 2.47. The van der Waals surface area contributed by atoms with Gasteiger partial charge in [-0.3, -0.25) is 0 Å². The Balaban J connectivity index is 0.00000168. The van der Waals surface area contributed by atoms with Gasteiger partial charge in [0.2, 0.25) is 5.95 Å². The number of alkyl halides is 2. The molecule has 0 unspecified atom stereocenters. The average molecular weight is 341 g/mol. The number of nitrogens with one attached hydrogen (secondary N) is 1. The van der Waals surface area contributed by atoms with E-state index in [2.05, 4.69) is 32.5 Å². The fourth-order valence-corrected chi connectivity index (χ4v) is 3.48. The summed E-state index contributed by atoms with van der Waals surface area (Å²) in [5, 5.41) is 7.21. The number of fused-ring (bicyclic) bond motifs is 2. The third-order valence-corrected chi connectivity index (χ3v) is 4.79. The molecule has 0 amide bonds. The van der Waals surface area contributed by atoms with Crippen LogP contribution < -0.4 is 5.32 Å². The van der Waals surface area contributed by atoms with Gasteiger partial charge in [-0.05, 0) is 29.3 Å². The van der Waals surface area contributed by atoms with Crippen LogP contribution in [0, 0.1) is 0 Å². The molecule has 0 radical (unpaired) electrons. The Bertz CT molecular complexity index is 1010. The minimum absolute atomic E-state index is 0. The van der Waals surface area contributed by atoms with Crippen molar-refractivity contribution in [3.05, 3.63) is 59.7 Å². The molecular weight excluding hydrogens is 324 g/mol. The number of halogens is 2. The van der Waals surface area contributed by atoms with Gasteiger partial charge in [0.05, 0.1) is 11.2 Å². The van der Waals surface area contributed by atoms with Crippen LogP contribution in [0.15, 0.2) is 42.9 Å². The molecule has 0 bridgehead atoms. The first kappa shape index (κ1) is 14.5. The molecule has 2 aliphatic rings. The van der Waals surface area contributed by atoms with Gasteiger partial charge in [-0.1, -0.05) is 6.08 Å². The number of rotatable bonds is 3. The molecule has 1 saturated carbocycles. The van der Waals surface area contributed by atoms with E-state index in [1.54, 1.807) is 12.4 Å². The second kappa shape index (κ2) is 5.08. The fraction of sp³-hybridized carbons (Fsp3) is 0.278. The number of nitrogens with zero attached hydrogens (tertiary/aromatic N) is 4. The fourth-order valence-electron chi connectivity index (χ4n) is 3.48. The number of hydrogen-bond donors (Lipinski definition) is 1. The number of pyridine rings is 1. The predicted molar refractivity (Wildman–Crippen MR) is 91.7 cm³/mol. The van der Waals surface area contributed by atoms with Crippen LogP contribution in [-0.4, -0.2) is 31.5 Å². The Morgan fingerprint density at radius 1 is 1.28 bits per heavy atom. The van der Waals surface area contributed by atoms with Gasteiger partial charge in [0, 0.05) is 50.9 Å². The molecular formula is C18H17F2N5. The molecule has 0 saturated heterocycles. The maximum Gasteiger partial charge on any atom is 0.252 e. The van der Waals surface area contributed by atoms with Crippen molar-refractivity contribution >= 4 is 17.0 Å². The van der Waals surface area contributed by atoms with Crippen LogP contribution in [-0.2, 0) is 6.42 Å². The third-order valence-electron chi connectivity index (χ3n) is 4.79. The van der Waals surface area contributed by atoms with E-state index >= 15 is 0 Å². The van der Waals surface area contributed by atoms with E-state index in [-0.39, 0.29) is 20.3 Å². The lowest BCUT2D eigenvalue weighted by molar-refractivity contribution is -0.0794. The van der Waals surface area contributed by atoms with Gasteiger partial charge in [0.1, 0.15) is 0 Å². The summed E-state index contributed by atoms with van der Waals surface area (Å²) >= 11 is 0. The Labute approximate surface area is 143 Å². The smallest absolute Gasteiger partial charge is 0.252 e. The van der Waals surface area contributed by atoms with Gasteiger partial charge in [-0.2, -0.15) is 5.10 Å². The molecule has 25 heavy (non-hydrogen) atoms. The van der Waals surface area contributed by atoms with Crippen LogP contribution in [0.4, 0.5) is 14.7 Å². The summed E-state index contributed by atoms with van der Waals surface area (Å²) in [5.74, 6) is -2.12. The lowest BCUT2D eigenvalue weighted by atomic mass is 9.88. The standard InChI is InChI=1S/C18H15F2N5.H2/c19-18(20)8-12(9-18)23-17-21-10-15-14(1-2-16(15)24-17)11-4-6-25-13(7-11)3-5-22-25;/h1,3-7,10,12H,2,8-9H2,(H,21,23,24);1H. The zero-order valence-corrected chi connectivity index (χ0v) is 13.3. The number of hydrogen-bond acceptors (Lipinski definition) is 4. The van der Waals surface area contributed by atoms with Gasteiger partial charge >= 0.3 is 0 Å². The van der Waals surface area contributed by atoms with Crippen LogP contribution in [0.5, 0.6) is 0 Å².